The van der Waals surface area contributed by atoms with Crippen LogP contribution in [0.3, 0.4) is 0 Å². The Kier molecular flexibility index (Phi) is 13.7. The number of carbonyl (C=O) groups excluding carboxylic acids is 3. The number of hydrogen-bond donors (Lipinski definition) is 5. The number of rotatable bonds is 12. The maximum absolute atomic E-state index is 13.7. The zero-order valence-electron chi connectivity index (χ0n) is 30.8. The largest absolute Gasteiger partial charge is 0.349 e. The van der Waals surface area contributed by atoms with Crippen LogP contribution in [-0.2, 0) is 16.0 Å². The lowest BCUT2D eigenvalue weighted by molar-refractivity contribution is -0.130. The number of nitrogens with two attached hydrogens (primary N) is 1. The van der Waals surface area contributed by atoms with Crippen LogP contribution >= 0.6 is 12.4 Å². The van der Waals surface area contributed by atoms with Crippen molar-refractivity contribution in [2.75, 3.05) is 25.0 Å². The van der Waals surface area contributed by atoms with Crippen LogP contribution in [0.2, 0.25) is 0 Å². The van der Waals surface area contributed by atoms with E-state index in [0.29, 0.717) is 42.0 Å². The van der Waals surface area contributed by atoms with Crippen LogP contribution in [0, 0.1) is 18.8 Å². The van der Waals surface area contributed by atoms with Gasteiger partial charge < -0.3 is 26.6 Å². The molecule has 1 atom stereocenters. The van der Waals surface area contributed by atoms with E-state index in [4.69, 9.17) is 5.73 Å². The van der Waals surface area contributed by atoms with Crippen molar-refractivity contribution in [2.24, 2.45) is 17.6 Å². The van der Waals surface area contributed by atoms with Crippen molar-refractivity contribution in [1.82, 2.24) is 36.2 Å². The number of halogens is 1. The number of hydrogen-bond acceptors (Lipinski definition) is 8. The number of nitrogens with zero attached hydrogens (tertiary/aromatic N) is 4. The second-order valence-corrected chi connectivity index (χ2v) is 14.6. The van der Waals surface area contributed by atoms with Crippen LogP contribution in [-0.4, -0.2) is 81.0 Å². The normalized spacial score (nSPS) is 18.5. The number of aromatic amines is 1. The molecule has 1 aliphatic heterocycles. The Balaban J connectivity index is 0.00000541. The fourth-order valence-electron chi connectivity index (χ4n) is 7.39. The number of H-pyrrole nitrogens is 1. The summed E-state index contributed by atoms with van der Waals surface area (Å²) in [5, 5.41) is 23.3. The van der Waals surface area contributed by atoms with E-state index in [0.717, 1.165) is 79.4 Å². The van der Waals surface area contributed by atoms with Gasteiger partial charge in [0.25, 0.3) is 5.91 Å². The Morgan fingerprint density at radius 1 is 0.906 bits per heavy atom. The van der Waals surface area contributed by atoms with Gasteiger partial charge in [-0.25, -0.2) is 0 Å². The lowest BCUT2D eigenvalue weighted by atomic mass is 9.81. The highest BCUT2D eigenvalue weighted by Crippen LogP contribution is 2.29. The number of carbonyl (C=O) groups is 3. The summed E-state index contributed by atoms with van der Waals surface area (Å²) in [5.41, 5.74) is 11.9. The van der Waals surface area contributed by atoms with Crippen LogP contribution in [0.25, 0.3) is 22.5 Å². The van der Waals surface area contributed by atoms with E-state index < -0.39 is 6.04 Å². The first-order valence-electron chi connectivity index (χ1n) is 18.6. The first-order valence-corrected chi connectivity index (χ1v) is 18.6. The maximum atomic E-state index is 13.7. The average Bonchev–Trinajstić information content (AvgIpc) is 3.71. The molecule has 12 nitrogen and oxygen atoms in total. The highest BCUT2D eigenvalue weighted by atomic mass is 35.5. The molecule has 6 N–H and O–H groups in total. The zero-order chi connectivity index (χ0) is 36.6. The molecule has 0 unspecified atom stereocenters. The van der Waals surface area contributed by atoms with E-state index in [9.17, 15) is 14.4 Å². The fourth-order valence-corrected chi connectivity index (χ4v) is 7.39. The quantitative estimate of drug-likeness (QED) is 0.130. The van der Waals surface area contributed by atoms with Gasteiger partial charge in [0.15, 0.2) is 0 Å². The molecule has 2 heterocycles. The minimum Gasteiger partial charge on any atom is -0.349 e. The van der Waals surface area contributed by atoms with E-state index >= 15 is 0 Å². The van der Waals surface area contributed by atoms with Gasteiger partial charge in [0, 0.05) is 54.3 Å². The molecule has 53 heavy (non-hydrogen) atoms. The number of aryl methyl sites for hydroxylation is 1. The Bertz CT molecular complexity index is 1800. The van der Waals surface area contributed by atoms with Crippen LogP contribution in [0.5, 0.6) is 0 Å². The summed E-state index contributed by atoms with van der Waals surface area (Å²) in [6, 6.07) is 21.0. The third-order valence-corrected chi connectivity index (χ3v) is 10.7. The summed E-state index contributed by atoms with van der Waals surface area (Å²) in [5.74, 6) is 0.346. The zero-order valence-corrected chi connectivity index (χ0v) is 31.6. The van der Waals surface area contributed by atoms with Gasteiger partial charge in [-0.05, 0) is 136 Å². The number of piperidine rings is 1. The minimum absolute atomic E-state index is 0. The topological polar surface area (TPSA) is 171 Å². The molecule has 0 radical (unpaired) electrons. The molecule has 282 valence electrons. The lowest BCUT2D eigenvalue weighted by Crippen LogP contribution is -2.48. The monoisotopic (exact) mass is 741 g/mol. The molecule has 1 aromatic heterocycles. The highest BCUT2D eigenvalue weighted by molar-refractivity contribution is 5.98. The van der Waals surface area contributed by atoms with Crippen molar-refractivity contribution >= 4 is 35.8 Å². The van der Waals surface area contributed by atoms with Crippen molar-refractivity contribution in [3.05, 3.63) is 83.4 Å². The SMILES string of the molecule is Cc1cc(C(=O)NC2CCN(C(C)C)CC2)ccc1-c1ccc(C[C@H](NC(=O)[C@H]2CC[C@H](CN)CC2)C(=O)Nc2ccc(-c3nn[nH]n3)cc2)cc1.Cl. The van der Waals surface area contributed by atoms with Crippen molar-refractivity contribution in [3.63, 3.8) is 0 Å². The Morgan fingerprint density at radius 3 is 2.19 bits per heavy atom. The molecular formula is C40H52ClN9O3. The molecule has 1 saturated heterocycles. The molecule has 1 saturated carbocycles. The number of nitrogens with one attached hydrogen (secondary N) is 4. The summed E-state index contributed by atoms with van der Waals surface area (Å²) in [6.45, 7) is 9.09. The first kappa shape index (κ1) is 39.6. The lowest BCUT2D eigenvalue weighted by Gasteiger charge is -2.34. The molecule has 13 heteroatoms. The van der Waals surface area contributed by atoms with E-state index in [1.54, 1.807) is 24.3 Å². The molecule has 3 amide bonds. The van der Waals surface area contributed by atoms with Crippen molar-refractivity contribution in [1.29, 1.82) is 0 Å². The van der Waals surface area contributed by atoms with E-state index in [-0.39, 0.29) is 42.1 Å². The molecule has 4 aromatic rings. The second kappa shape index (κ2) is 18.4. The standard InChI is InChI=1S/C40H51N9O3.ClH/c1-25(2)49-20-18-34(19-21-49)42-39(51)32-14-17-35(26(3)22-32)29-8-4-27(5-9-29)23-36(44-38(50)31-10-6-28(24-41)7-11-31)40(52)43-33-15-12-30(13-16-33)37-45-47-48-46-37;/h4-5,8-9,12-17,22,25,28,31,34,36H,6-7,10-11,18-21,23-24,41H2,1-3H3,(H,42,51)(H,43,52)(H,44,50)(H,45,46,47,48);1H/t28-,31-,36-;/m0./s1. The third kappa shape index (κ3) is 10.3. The maximum Gasteiger partial charge on any atom is 0.251 e. The predicted octanol–water partition coefficient (Wildman–Crippen LogP) is 5.30. The molecule has 2 aliphatic rings. The van der Waals surface area contributed by atoms with Crippen LogP contribution in [0.15, 0.2) is 66.7 Å². The minimum atomic E-state index is -0.778. The van der Waals surface area contributed by atoms with Crippen LogP contribution in [0.1, 0.15) is 73.9 Å². The molecule has 1 aliphatic carbocycles. The van der Waals surface area contributed by atoms with E-state index in [1.165, 1.54) is 0 Å². The number of anilines is 1. The summed E-state index contributed by atoms with van der Waals surface area (Å²) >= 11 is 0. The third-order valence-electron chi connectivity index (χ3n) is 10.7. The number of benzene rings is 3. The van der Waals surface area contributed by atoms with Gasteiger partial charge in [-0.15, -0.1) is 22.6 Å². The van der Waals surface area contributed by atoms with Crippen molar-refractivity contribution in [3.8, 4) is 22.5 Å². The van der Waals surface area contributed by atoms with Gasteiger partial charge >= 0.3 is 0 Å². The van der Waals surface area contributed by atoms with Gasteiger partial charge in [0.05, 0.1) is 0 Å². The van der Waals surface area contributed by atoms with E-state index in [2.05, 4.69) is 55.3 Å². The summed E-state index contributed by atoms with van der Waals surface area (Å²) in [7, 11) is 0. The van der Waals surface area contributed by atoms with Gasteiger partial charge in [-0.2, -0.15) is 5.21 Å². The molecule has 3 aromatic carbocycles. The molecule has 0 bridgehead atoms. The average molecular weight is 742 g/mol. The Hall–Kier alpha value is -4.65. The molecule has 6 rings (SSSR count). The summed E-state index contributed by atoms with van der Waals surface area (Å²) in [4.78, 5) is 42.7. The Morgan fingerprint density at radius 2 is 1.58 bits per heavy atom. The van der Waals surface area contributed by atoms with E-state index in [1.807, 2.05) is 49.4 Å². The van der Waals surface area contributed by atoms with Crippen LogP contribution in [0.4, 0.5) is 5.69 Å². The highest BCUT2D eigenvalue weighted by Gasteiger charge is 2.30. The number of aromatic nitrogens is 4. The predicted molar refractivity (Wildman–Crippen MR) is 209 cm³/mol. The summed E-state index contributed by atoms with van der Waals surface area (Å²) < 4.78 is 0. The number of likely N-dealkylation sites (tertiary alicyclic amines) is 1. The van der Waals surface area contributed by atoms with Gasteiger partial charge in [0.1, 0.15) is 6.04 Å². The van der Waals surface area contributed by atoms with Gasteiger partial charge in [0.2, 0.25) is 17.6 Å². The van der Waals surface area contributed by atoms with Crippen molar-refractivity contribution < 1.29 is 14.4 Å². The van der Waals surface area contributed by atoms with Gasteiger partial charge in [-0.3, -0.25) is 14.4 Å². The Labute approximate surface area is 317 Å². The molecule has 0 spiro atoms. The molecular weight excluding hydrogens is 690 g/mol. The fraction of sp³-hybridized carbons (Fsp3) is 0.450. The second-order valence-electron chi connectivity index (χ2n) is 14.6. The first-order chi connectivity index (χ1) is 25.2. The van der Waals surface area contributed by atoms with Crippen LogP contribution < -0.4 is 21.7 Å². The number of tetrazole rings is 1. The smallest absolute Gasteiger partial charge is 0.251 e. The van der Waals surface area contributed by atoms with Gasteiger partial charge in [-0.1, -0.05) is 30.3 Å². The molecule has 2 fully saturated rings. The van der Waals surface area contributed by atoms with Crippen molar-refractivity contribution in [2.45, 2.75) is 83.8 Å². The number of amides is 3. The summed E-state index contributed by atoms with van der Waals surface area (Å²) in [6.07, 6.45) is 5.63.